The Kier molecular flexibility index (Phi) is 9.96. The van der Waals surface area contributed by atoms with Crippen LogP contribution in [-0.2, 0) is 21.9 Å². The van der Waals surface area contributed by atoms with Gasteiger partial charge in [0.2, 0.25) is 11.8 Å². The predicted molar refractivity (Wildman–Crippen MR) is 139 cm³/mol. The van der Waals surface area contributed by atoms with Crippen LogP contribution in [-0.4, -0.2) is 34.6 Å². The standard InChI is InChI=1S/C26H32Cl2N2O2S/c1-3-24(26(32)29-20-11-6-7-12-20)30(15-19-10-5-4-9-18(19)2)25(31)17-33-16-21-22(27)13-8-14-23(21)28/h4-5,8-10,13-14,20,24H,3,6-7,11-12,15-17H2,1-2H3,(H,29,32). The molecular formula is C26H32Cl2N2O2S. The Bertz CT molecular complexity index is 943. The summed E-state index contributed by atoms with van der Waals surface area (Å²) in [7, 11) is 0. The number of rotatable bonds is 10. The van der Waals surface area contributed by atoms with Gasteiger partial charge in [0.05, 0.1) is 5.75 Å². The van der Waals surface area contributed by atoms with Crippen LogP contribution in [0, 0.1) is 6.92 Å². The molecule has 0 heterocycles. The maximum Gasteiger partial charge on any atom is 0.243 e. The Labute approximate surface area is 211 Å². The van der Waals surface area contributed by atoms with Gasteiger partial charge in [-0.2, -0.15) is 0 Å². The average Bonchev–Trinajstić information content (AvgIpc) is 3.29. The Hall–Kier alpha value is -1.69. The van der Waals surface area contributed by atoms with Gasteiger partial charge in [-0.15, -0.1) is 11.8 Å². The van der Waals surface area contributed by atoms with Crippen molar-refractivity contribution in [2.24, 2.45) is 0 Å². The van der Waals surface area contributed by atoms with Gasteiger partial charge < -0.3 is 10.2 Å². The fourth-order valence-electron chi connectivity index (χ4n) is 4.25. The van der Waals surface area contributed by atoms with E-state index in [1.54, 1.807) is 17.0 Å². The normalized spacial score (nSPS) is 14.8. The summed E-state index contributed by atoms with van der Waals surface area (Å²) in [5, 5.41) is 4.39. The van der Waals surface area contributed by atoms with Gasteiger partial charge in [-0.25, -0.2) is 0 Å². The Balaban J connectivity index is 1.73. The number of nitrogens with zero attached hydrogens (tertiary/aromatic N) is 1. The van der Waals surface area contributed by atoms with E-state index in [-0.39, 0.29) is 23.6 Å². The van der Waals surface area contributed by atoms with Gasteiger partial charge in [0.25, 0.3) is 0 Å². The highest BCUT2D eigenvalue weighted by molar-refractivity contribution is 7.99. The third kappa shape index (κ3) is 7.14. The zero-order valence-electron chi connectivity index (χ0n) is 19.3. The van der Waals surface area contributed by atoms with Crippen molar-refractivity contribution in [2.75, 3.05) is 5.75 Å². The molecule has 0 aliphatic heterocycles. The van der Waals surface area contributed by atoms with Crippen LogP contribution in [0.3, 0.4) is 0 Å². The van der Waals surface area contributed by atoms with Crippen LogP contribution >= 0.6 is 35.0 Å². The number of carbonyl (C=O) groups excluding carboxylic acids is 2. The molecule has 0 aromatic heterocycles. The number of thioether (sulfide) groups is 1. The van der Waals surface area contributed by atoms with Crippen LogP contribution in [0.5, 0.6) is 0 Å². The van der Waals surface area contributed by atoms with Crippen molar-refractivity contribution in [1.29, 1.82) is 0 Å². The van der Waals surface area contributed by atoms with Crippen LogP contribution in [0.1, 0.15) is 55.7 Å². The van der Waals surface area contributed by atoms with Crippen LogP contribution in [0.15, 0.2) is 42.5 Å². The van der Waals surface area contributed by atoms with E-state index in [0.29, 0.717) is 28.8 Å². The maximum absolute atomic E-state index is 13.4. The van der Waals surface area contributed by atoms with Crippen LogP contribution in [0.2, 0.25) is 10.0 Å². The molecule has 1 unspecified atom stereocenters. The molecule has 0 spiro atoms. The highest BCUT2D eigenvalue weighted by atomic mass is 35.5. The quantitative estimate of drug-likeness (QED) is 0.405. The Morgan fingerprint density at radius 1 is 1.09 bits per heavy atom. The summed E-state index contributed by atoms with van der Waals surface area (Å²) in [6, 6.07) is 13.1. The van der Waals surface area contributed by atoms with Gasteiger partial charge in [-0.05, 0) is 55.0 Å². The summed E-state index contributed by atoms with van der Waals surface area (Å²) in [5.74, 6) is 0.680. The second-order valence-electron chi connectivity index (χ2n) is 8.56. The first-order valence-electron chi connectivity index (χ1n) is 11.6. The van der Waals surface area contributed by atoms with Gasteiger partial charge in [-0.3, -0.25) is 9.59 Å². The zero-order valence-corrected chi connectivity index (χ0v) is 21.6. The summed E-state index contributed by atoms with van der Waals surface area (Å²) in [6.07, 6.45) is 4.89. The minimum atomic E-state index is -0.498. The molecule has 2 aromatic carbocycles. The minimum Gasteiger partial charge on any atom is -0.352 e. The summed E-state index contributed by atoms with van der Waals surface area (Å²) in [5.41, 5.74) is 2.99. The molecule has 1 aliphatic carbocycles. The van der Waals surface area contributed by atoms with Crippen molar-refractivity contribution in [1.82, 2.24) is 10.2 Å². The molecule has 33 heavy (non-hydrogen) atoms. The highest BCUT2D eigenvalue weighted by Crippen LogP contribution is 2.29. The van der Waals surface area contributed by atoms with Gasteiger partial charge in [0, 0.05) is 28.4 Å². The summed E-state index contributed by atoms with van der Waals surface area (Å²) < 4.78 is 0. The first-order valence-corrected chi connectivity index (χ1v) is 13.5. The predicted octanol–water partition coefficient (Wildman–Crippen LogP) is 6.40. The number of carbonyl (C=O) groups is 2. The lowest BCUT2D eigenvalue weighted by Crippen LogP contribution is -2.51. The van der Waals surface area contributed by atoms with Gasteiger partial charge in [0.1, 0.15) is 6.04 Å². The molecule has 178 valence electrons. The van der Waals surface area contributed by atoms with E-state index in [1.807, 2.05) is 44.2 Å². The molecule has 1 N–H and O–H groups in total. The fraction of sp³-hybridized carbons (Fsp3) is 0.462. The van der Waals surface area contributed by atoms with Crippen molar-refractivity contribution in [2.45, 2.75) is 70.3 Å². The molecule has 1 fully saturated rings. The number of aryl methyl sites for hydroxylation is 1. The van der Waals surface area contributed by atoms with Crippen molar-refractivity contribution < 1.29 is 9.59 Å². The molecule has 2 amide bonds. The monoisotopic (exact) mass is 506 g/mol. The lowest BCUT2D eigenvalue weighted by Gasteiger charge is -2.32. The Morgan fingerprint density at radius 2 is 1.76 bits per heavy atom. The lowest BCUT2D eigenvalue weighted by molar-refractivity contribution is -0.139. The van der Waals surface area contributed by atoms with Crippen molar-refractivity contribution >= 4 is 46.8 Å². The fourth-order valence-corrected chi connectivity index (χ4v) is 5.90. The number of benzene rings is 2. The van der Waals surface area contributed by atoms with Crippen LogP contribution in [0.25, 0.3) is 0 Å². The lowest BCUT2D eigenvalue weighted by atomic mass is 10.1. The first-order chi connectivity index (χ1) is 15.9. The molecule has 1 aliphatic rings. The van der Waals surface area contributed by atoms with Gasteiger partial charge >= 0.3 is 0 Å². The second kappa shape index (κ2) is 12.7. The van der Waals surface area contributed by atoms with E-state index in [4.69, 9.17) is 23.2 Å². The number of halogens is 2. The average molecular weight is 508 g/mol. The molecule has 4 nitrogen and oxygen atoms in total. The zero-order chi connectivity index (χ0) is 23.8. The maximum atomic E-state index is 13.4. The topological polar surface area (TPSA) is 49.4 Å². The molecule has 0 radical (unpaired) electrons. The molecule has 3 rings (SSSR count). The molecular weight excluding hydrogens is 475 g/mol. The third-order valence-electron chi connectivity index (χ3n) is 6.22. The van der Waals surface area contributed by atoms with Crippen LogP contribution < -0.4 is 5.32 Å². The first kappa shape index (κ1) is 25.9. The summed E-state index contributed by atoms with van der Waals surface area (Å²) in [6.45, 7) is 4.41. The minimum absolute atomic E-state index is 0.0505. The van der Waals surface area contributed by atoms with Crippen molar-refractivity contribution in [3.8, 4) is 0 Å². The number of nitrogens with one attached hydrogen (secondary N) is 1. The summed E-state index contributed by atoms with van der Waals surface area (Å²) >= 11 is 14.0. The highest BCUT2D eigenvalue weighted by Gasteiger charge is 2.30. The largest absolute Gasteiger partial charge is 0.352 e. The molecule has 0 saturated heterocycles. The van der Waals surface area contributed by atoms with Gasteiger partial charge in [0.15, 0.2) is 0 Å². The number of hydrogen-bond donors (Lipinski definition) is 1. The molecule has 1 saturated carbocycles. The third-order valence-corrected chi connectivity index (χ3v) is 7.88. The second-order valence-corrected chi connectivity index (χ2v) is 10.4. The van der Waals surface area contributed by atoms with Gasteiger partial charge in [-0.1, -0.05) is 73.3 Å². The van der Waals surface area contributed by atoms with E-state index in [2.05, 4.69) is 5.32 Å². The Morgan fingerprint density at radius 3 is 2.39 bits per heavy atom. The van der Waals surface area contributed by atoms with E-state index in [9.17, 15) is 9.59 Å². The SMILES string of the molecule is CCC(C(=O)NC1CCCC1)N(Cc1ccccc1C)C(=O)CSCc1c(Cl)cccc1Cl. The number of amides is 2. The molecule has 1 atom stereocenters. The van der Waals surface area contributed by atoms with E-state index in [1.165, 1.54) is 11.8 Å². The van der Waals surface area contributed by atoms with Crippen molar-refractivity contribution in [3.63, 3.8) is 0 Å². The summed E-state index contributed by atoms with van der Waals surface area (Å²) in [4.78, 5) is 28.4. The number of hydrogen-bond acceptors (Lipinski definition) is 3. The van der Waals surface area contributed by atoms with Crippen molar-refractivity contribution in [3.05, 3.63) is 69.2 Å². The molecule has 7 heteroatoms. The molecule has 0 bridgehead atoms. The smallest absolute Gasteiger partial charge is 0.243 e. The van der Waals surface area contributed by atoms with E-state index in [0.717, 1.165) is 42.4 Å². The molecule has 2 aromatic rings. The van der Waals surface area contributed by atoms with Crippen LogP contribution in [0.4, 0.5) is 0 Å². The van der Waals surface area contributed by atoms with E-state index >= 15 is 0 Å². The van der Waals surface area contributed by atoms with E-state index < -0.39 is 6.04 Å².